The first-order chi connectivity index (χ1) is 15.7. The van der Waals surface area contributed by atoms with Gasteiger partial charge in [-0.25, -0.2) is 9.37 Å². The molecule has 4 heterocycles. The summed E-state index contributed by atoms with van der Waals surface area (Å²) in [5.74, 6) is -0.511. The summed E-state index contributed by atoms with van der Waals surface area (Å²) in [6.07, 6.45) is 11.3. The maximum Gasteiger partial charge on any atom is 0.251 e. The van der Waals surface area contributed by atoms with Crippen LogP contribution in [0, 0.1) is 12.7 Å². The van der Waals surface area contributed by atoms with Crippen LogP contribution < -0.4 is 0 Å². The Bertz CT molecular complexity index is 1100. The molecule has 2 atom stereocenters. The van der Waals surface area contributed by atoms with E-state index in [1.54, 1.807) is 21.6 Å². The lowest BCUT2D eigenvalue weighted by Gasteiger charge is -2.41. The molecule has 4 rings (SSSR count). The number of hydrogen-bond donors (Lipinski definition) is 0. The smallest absolute Gasteiger partial charge is 0.251 e. The molecule has 0 radical (unpaired) electrons. The Hall–Kier alpha value is -2.93. The Morgan fingerprint density at radius 3 is 2.64 bits per heavy atom. The monoisotopic (exact) mass is 453 g/mol. The number of rotatable bonds is 3. The second-order valence-electron chi connectivity index (χ2n) is 8.69. The van der Waals surface area contributed by atoms with E-state index in [0.717, 1.165) is 31.0 Å². The minimum atomic E-state index is -0.397. The number of hydrogen-bond acceptors (Lipinski definition) is 4. The van der Waals surface area contributed by atoms with Crippen LogP contribution in [0.5, 0.6) is 0 Å². The van der Waals surface area contributed by atoms with E-state index in [0.29, 0.717) is 22.8 Å². The highest BCUT2D eigenvalue weighted by molar-refractivity contribution is 5.96. The second-order valence-corrected chi connectivity index (χ2v) is 8.69. The summed E-state index contributed by atoms with van der Waals surface area (Å²) in [4.78, 5) is 23.7. The summed E-state index contributed by atoms with van der Waals surface area (Å²) >= 11 is 0. The number of imidazole rings is 1. The Kier molecular flexibility index (Phi) is 7.74. The van der Waals surface area contributed by atoms with Crippen molar-refractivity contribution >= 4 is 17.1 Å². The zero-order valence-electron chi connectivity index (χ0n) is 20.8. The summed E-state index contributed by atoms with van der Waals surface area (Å²) in [5, 5.41) is 0. The van der Waals surface area contributed by atoms with Crippen molar-refractivity contribution in [1.29, 1.82) is 0 Å². The number of pyridine rings is 1. The molecule has 2 aliphatic heterocycles. The van der Waals surface area contributed by atoms with Crippen LogP contribution in [-0.4, -0.2) is 68.8 Å². The summed E-state index contributed by atoms with van der Waals surface area (Å²) in [5.41, 5.74) is 3.47. The largest absolute Gasteiger partial charge is 0.368 e. The number of likely N-dealkylation sites (N-methyl/N-ethyl adjacent to an activating group) is 1. The highest BCUT2D eigenvalue weighted by atomic mass is 19.1. The first-order valence-electron chi connectivity index (χ1n) is 11.7. The van der Waals surface area contributed by atoms with Gasteiger partial charge in [-0.3, -0.25) is 4.79 Å². The van der Waals surface area contributed by atoms with Crippen molar-refractivity contribution in [2.75, 3.05) is 26.7 Å². The summed E-state index contributed by atoms with van der Waals surface area (Å²) in [6, 6.07) is 1.86. The topological polar surface area (TPSA) is 44.1 Å². The van der Waals surface area contributed by atoms with Gasteiger partial charge in [-0.1, -0.05) is 19.9 Å². The van der Waals surface area contributed by atoms with Gasteiger partial charge in [0.15, 0.2) is 11.5 Å². The molecule has 1 saturated heterocycles. The number of carbonyl (C=O) groups is 1. The number of fused-ring (bicyclic) bond motifs is 1. The minimum Gasteiger partial charge on any atom is -0.368 e. The SMILES string of the molecule is C/C(=C\C(=O)N1C=C(N2CCN(C)[C@@H](C)C2)C=CC1C)c1cc(F)c2nc(C)cn2c1.CC. The van der Waals surface area contributed by atoms with Crippen molar-refractivity contribution in [1.82, 2.24) is 24.1 Å². The van der Waals surface area contributed by atoms with Gasteiger partial charge in [-0.2, -0.15) is 0 Å². The number of piperazine rings is 1. The number of amides is 1. The minimum absolute atomic E-state index is 0.0410. The number of carbonyl (C=O) groups excluding carboxylic acids is 1. The number of aromatic nitrogens is 2. The third kappa shape index (κ3) is 5.36. The van der Waals surface area contributed by atoms with Crippen LogP contribution in [0.2, 0.25) is 0 Å². The number of halogens is 1. The molecule has 2 aromatic heterocycles. The molecule has 178 valence electrons. The average molecular weight is 454 g/mol. The van der Waals surface area contributed by atoms with Crippen LogP contribution in [-0.2, 0) is 4.79 Å². The molecule has 0 N–H and O–H groups in total. The molecule has 0 aromatic carbocycles. The summed E-state index contributed by atoms with van der Waals surface area (Å²) < 4.78 is 16.1. The van der Waals surface area contributed by atoms with Crippen LogP contribution in [0.3, 0.4) is 0 Å². The third-order valence-corrected chi connectivity index (χ3v) is 6.26. The van der Waals surface area contributed by atoms with Crippen molar-refractivity contribution in [3.05, 3.63) is 65.7 Å². The summed E-state index contributed by atoms with van der Waals surface area (Å²) in [6.45, 7) is 14.7. The Morgan fingerprint density at radius 1 is 1.21 bits per heavy atom. The molecule has 1 unspecified atom stereocenters. The normalized spacial score (nSPS) is 21.7. The fourth-order valence-corrected chi connectivity index (χ4v) is 4.11. The highest BCUT2D eigenvalue weighted by Gasteiger charge is 2.25. The van der Waals surface area contributed by atoms with Gasteiger partial charge in [0, 0.05) is 50.3 Å². The van der Waals surface area contributed by atoms with Gasteiger partial charge in [0.1, 0.15) is 0 Å². The maximum absolute atomic E-state index is 14.5. The zero-order valence-corrected chi connectivity index (χ0v) is 20.8. The molecule has 0 spiro atoms. The van der Waals surface area contributed by atoms with Crippen LogP contribution in [0.1, 0.15) is 45.9 Å². The molecule has 1 fully saturated rings. The molecule has 0 saturated carbocycles. The van der Waals surface area contributed by atoms with E-state index in [2.05, 4.69) is 40.9 Å². The number of nitrogens with zero attached hydrogens (tertiary/aromatic N) is 5. The van der Waals surface area contributed by atoms with Crippen molar-refractivity contribution in [2.24, 2.45) is 0 Å². The van der Waals surface area contributed by atoms with E-state index in [1.165, 1.54) is 6.07 Å². The standard InChI is InChI=1S/C24H30FN5O.C2H6/c1-16(20-11-22(25)24-26-17(2)12-29(24)14-20)10-23(31)30-15-21(7-6-18(30)3)28-9-8-27(5)19(4)13-28;1-2/h6-7,10-12,14-15,18-19H,8-9,13H2,1-5H3;1-2H3/b16-10+;/t18?,19-;/m0./s1. The Balaban J connectivity index is 0.00000149. The van der Waals surface area contributed by atoms with E-state index in [4.69, 9.17) is 0 Å². The molecule has 7 heteroatoms. The quantitative estimate of drug-likeness (QED) is 0.643. The zero-order chi connectivity index (χ0) is 24.3. The van der Waals surface area contributed by atoms with E-state index in [9.17, 15) is 9.18 Å². The van der Waals surface area contributed by atoms with Crippen LogP contribution in [0.25, 0.3) is 11.2 Å². The van der Waals surface area contributed by atoms with Gasteiger partial charge in [0.25, 0.3) is 5.91 Å². The van der Waals surface area contributed by atoms with Gasteiger partial charge in [0.05, 0.1) is 17.4 Å². The van der Waals surface area contributed by atoms with Crippen LogP contribution in [0.15, 0.2) is 48.6 Å². The maximum atomic E-state index is 14.5. The third-order valence-electron chi connectivity index (χ3n) is 6.26. The molecular weight excluding hydrogens is 417 g/mol. The molecule has 2 aromatic rings. The molecule has 0 aliphatic carbocycles. The van der Waals surface area contributed by atoms with Crippen molar-refractivity contribution in [3.63, 3.8) is 0 Å². The van der Waals surface area contributed by atoms with Gasteiger partial charge in [0.2, 0.25) is 0 Å². The second kappa shape index (κ2) is 10.3. The average Bonchev–Trinajstić information content (AvgIpc) is 3.18. The van der Waals surface area contributed by atoms with Crippen molar-refractivity contribution in [2.45, 2.75) is 53.6 Å². The van der Waals surface area contributed by atoms with Gasteiger partial charge < -0.3 is 19.1 Å². The number of allylic oxidation sites excluding steroid dienone is 2. The Morgan fingerprint density at radius 2 is 1.94 bits per heavy atom. The molecular formula is C26H36FN5O. The van der Waals surface area contributed by atoms with E-state index < -0.39 is 5.82 Å². The van der Waals surface area contributed by atoms with Gasteiger partial charge in [-0.05, 0) is 58.0 Å². The van der Waals surface area contributed by atoms with Crippen LogP contribution >= 0.6 is 0 Å². The molecule has 2 aliphatic rings. The van der Waals surface area contributed by atoms with E-state index in [1.807, 2.05) is 47.0 Å². The fraction of sp³-hybridized carbons (Fsp3) is 0.462. The predicted molar refractivity (Wildman–Crippen MR) is 132 cm³/mol. The number of aryl methyl sites for hydroxylation is 1. The predicted octanol–water partition coefficient (Wildman–Crippen LogP) is 4.48. The summed E-state index contributed by atoms with van der Waals surface area (Å²) in [7, 11) is 2.14. The fourth-order valence-electron chi connectivity index (χ4n) is 4.11. The first kappa shape index (κ1) is 24.7. The first-order valence-corrected chi connectivity index (χ1v) is 11.7. The molecule has 33 heavy (non-hydrogen) atoms. The highest BCUT2D eigenvalue weighted by Crippen LogP contribution is 2.23. The molecule has 6 nitrogen and oxygen atoms in total. The van der Waals surface area contributed by atoms with Crippen LogP contribution in [0.4, 0.5) is 4.39 Å². The van der Waals surface area contributed by atoms with Gasteiger partial charge in [-0.15, -0.1) is 0 Å². The lowest BCUT2D eigenvalue weighted by atomic mass is 10.1. The van der Waals surface area contributed by atoms with Crippen molar-refractivity contribution in [3.8, 4) is 0 Å². The van der Waals surface area contributed by atoms with Gasteiger partial charge >= 0.3 is 0 Å². The van der Waals surface area contributed by atoms with E-state index >= 15 is 0 Å². The molecule has 0 bridgehead atoms. The van der Waals surface area contributed by atoms with Crippen molar-refractivity contribution < 1.29 is 9.18 Å². The molecule has 1 amide bonds. The lowest BCUT2D eigenvalue weighted by Crippen LogP contribution is -2.50. The lowest BCUT2D eigenvalue weighted by molar-refractivity contribution is -0.124. The Labute approximate surface area is 196 Å². The van der Waals surface area contributed by atoms with E-state index in [-0.39, 0.29) is 11.9 Å².